The molecule has 1 heterocycles. The number of sulfonamides is 1. The summed E-state index contributed by atoms with van der Waals surface area (Å²) in [6.45, 7) is 2.41. The monoisotopic (exact) mass is 378 g/mol. The maximum atomic E-state index is 12.6. The van der Waals surface area contributed by atoms with Crippen molar-refractivity contribution in [2.45, 2.75) is 12.2 Å². The van der Waals surface area contributed by atoms with Gasteiger partial charge in [-0.25, -0.2) is 12.7 Å². The molecule has 0 amide bonds. The van der Waals surface area contributed by atoms with Crippen molar-refractivity contribution in [1.29, 1.82) is 0 Å². The van der Waals surface area contributed by atoms with E-state index in [0.717, 1.165) is 25.1 Å². The summed E-state index contributed by atoms with van der Waals surface area (Å²) in [4.78, 5) is 2.32. The van der Waals surface area contributed by atoms with Gasteiger partial charge >= 0.3 is 0 Å². The van der Waals surface area contributed by atoms with Gasteiger partial charge in [0.25, 0.3) is 0 Å². The van der Waals surface area contributed by atoms with E-state index in [9.17, 15) is 8.42 Å². The number of hydrogen-bond donors (Lipinski definition) is 0. The molecule has 0 aromatic heterocycles. The first-order chi connectivity index (χ1) is 11.9. The Morgan fingerprint density at radius 3 is 2.64 bits per heavy atom. The highest BCUT2D eigenvalue weighted by Crippen LogP contribution is 2.25. The Kier molecular flexibility index (Phi) is 5.67. The average Bonchev–Trinajstić information content (AvgIpc) is 3.04. The van der Waals surface area contributed by atoms with Crippen LogP contribution in [0.1, 0.15) is 12.0 Å². The minimum absolute atomic E-state index is 0.0147. The maximum Gasteiger partial charge on any atom is 0.218 e. The van der Waals surface area contributed by atoms with Crippen LogP contribution in [0.25, 0.3) is 0 Å². The van der Waals surface area contributed by atoms with Crippen molar-refractivity contribution in [2.24, 2.45) is 5.92 Å². The summed E-state index contributed by atoms with van der Waals surface area (Å²) in [6.07, 6.45) is 1.01. The molecule has 4 nitrogen and oxygen atoms in total. The molecule has 1 aliphatic heterocycles. The predicted octanol–water partition coefficient (Wildman–Crippen LogP) is 3.63. The molecule has 0 saturated carbocycles. The third-order valence-corrected chi connectivity index (χ3v) is 6.67. The Hall–Kier alpha value is -1.56. The number of rotatable bonds is 6. The van der Waals surface area contributed by atoms with Crippen LogP contribution in [0.3, 0.4) is 0 Å². The second-order valence-corrected chi connectivity index (χ2v) is 9.12. The Labute approximate surface area is 155 Å². The van der Waals surface area contributed by atoms with Crippen LogP contribution >= 0.6 is 11.6 Å². The predicted molar refractivity (Wildman–Crippen MR) is 103 cm³/mol. The number of nitrogens with zero attached hydrogens (tertiary/aromatic N) is 2. The largest absolute Gasteiger partial charge is 0.371 e. The van der Waals surface area contributed by atoms with E-state index in [2.05, 4.69) is 17.0 Å². The molecule has 0 spiro atoms. The number of benzene rings is 2. The third-order valence-electron chi connectivity index (χ3n) is 4.64. The molecule has 1 unspecified atom stereocenters. The minimum atomic E-state index is -3.34. The van der Waals surface area contributed by atoms with E-state index in [4.69, 9.17) is 11.6 Å². The highest BCUT2D eigenvalue weighted by atomic mass is 35.5. The van der Waals surface area contributed by atoms with E-state index in [1.807, 2.05) is 18.2 Å². The van der Waals surface area contributed by atoms with Gasteiger partial charge in [0.2, 0.25) is 10.0 Å². The molecule has 1 aliphatic rings. The third kappa shape index (κ3) is 4.75. The minimum Gasteiger partial charge on any atom is -0.371 e. The van der Waals surface area contributed by atoms with Crippen molar-refractivity contribution in [3.8, 4) is 0 Å². The van der Waals surface area contributed by atoms with Crippen LogP contribution in [0.2, 0.25) is 5.02 Å². The standard InChI is InChI=1S/C19H23ClN2O2S/c1-21(25(23,24)15-16-6-5-7-18(20)12-16)13-17-10-11-22(14-17)19-8-3-2-4-9-19/h2-9,12,17H,10-11,13-15H2,1H3. The molecule has 0 bridgehead atoms. The zero-order chi connectivity index (χ0) is 17.9. The molecule has 3 rings (SSSR count). The Morgan fingerprint density at radius 1 is 1.16 bits per heavy atom. The van der Waals surface area contributed by atoms with Gasteiger partial charge in [0.05, 0.1) is 5.75 Å². The number of para-hydroxylation sites is 1. The van der Waals surface area contributed by atoms with Gasteiger partial charge in [0, 0.05) is 37.4 Å². The van der Waals surface area contributed by atoms with Gasteiger partial charge in [-0.15, -0.1) is 0 Å². The summed E-state index contributed by atoms with van der Waals surface area (Å²) in [7, 11) is -1.67. The first-order valence-corrected chi connectivity index (χ1v) is 10.4. The molecule has 25 heavy (non-hydrogen) atoms. The molecule has 0 radical (unpaired) electrons. The van der Waals surface area contributed by atoms with Gasteiger partial charge in [-0.3, -0.25) is 0 Å². The van der Waals surface area contributed by atoms with E-state index < -0.39 is 10.0 Å². The van der Waals surface area contributed by atoms with E-state index in [1.165, 1.54) is 9.99 Å². The van der Waals surface area contributed by atoms with Crippen molar-refractivity contribution in [3.63, 3.8) is 0 Å². The summed E-state index contributed by atoms with van der Waals surface area (Å²) < 4.78 is 26.7. The lowest BCUT2D eigenvalue weighted by Crippen LogP contribution is -2.34. The summed E-state index contributed by atoms with van der Waals surface area (Å²) >= 11 is 5.95. The summed E-state index contributed by atoms with van der Waals surface area (Å²) in [6, 6.07) is 17.3. The zero-order valence-electron chi connectivity index (χ0n) is 14.3. The molecule has 0 N–H and O–H groups in total. The lowest BCUT2D eigenvalue weighted by molar-refractivity contribution is 0.401. The quantitative estimate of drug-likeness (QED) is 0.770. The van der Waals surface area contributed by atoms with Crippen LogP contribution in [0.5, 0.6) is 0 Å². The normalized spacial score (nSPS) is 18.0. The highest BCUT2D eigenvalue weighted by molar-refractivity contribution is 7.88. The van der Waals surface area contributed by atoms with Crippen molar-refractivity contribution in [1.82, 2.24) is 4.31 Å². The highest BCUT2D eigenvalue weighted by Gasteiger charge is 2.27. The van der Waals surface area contributed by atoms with Crippen LogP contribution < -0.4 is 4.90 Å². The molecule has 134 valence electrons. The second-order valence-electron chi connectivity index (χ2n) is 6.60. The molecule has 1 saturated heterocycles. The van der Waals surface area contributed by atoms with Gasteiger partial charge in [-0.2, -0.15) is 0 Å². The first-order valence-electron chi connectivity index (χ1n) is 8.42. The van der Waals surface area contributed by atoms with Gasteiger partial charge in [-0.1, -0.05) is 41.9 Å². The van der Waals surface area contributed by atoms with Crippen LogP contribution in [0.15, 0.2) is 54.6 Å². The number of hydrogen-bond acceptors (Lipinski definition) is 3. The Bertz CT molecular complexity index is 811. The van der Waals surface area contributed by atoms with Gasteiger partial charge in [0.1, 0.15) is 0 Å². The zero-order valence-corrected chi connectivity index (χ0v) is 15.9. The Balaban J connectivity index is 1.59. The molecule has 2 aromatic carbocycles. The first kappa shape index (κ1) is 18.2. The smallest absolute Gasteiger partial charge is 0.218 e. The maximum absolute atomic E-state index is 12.6. The van der Waals surface area contributed by atoms with Crippen LogP contribution in [-0.2, 0) is 15.8 Å². The molecular formula is C19H23ClN2O2S. The van der Waals surface area contributed by atoms with E-state index >= 15 is 0 Å². The van der Waals surface area contributed by atoms with Crippen LogP contribution in [0, 0.1) is 5.92 Å². The van der Waals surface area contributed by atoms with E-state index in [-0.39, 0.29) is 5.75 Å². The summed E-state index contributed by atoms with van der Waals surface area (Å²) in [5.41, 5.74) is 1.92. The lowest BCUT2D eigenvalue weighted by Gasteiger charge is -2.22. The van der Waals surface area contributed by atoms with Gasteiger partial charge in [0.15, 0.2) is 0 Å². The van der Waals surface area contributed by atoms with Gasteiger partial charge in [-0.05, 0) is 42.2 Å². The number of anilines is 1. The van der Waals surface area contributed by atoms with Crippen molar-refractivity contribution < 1.29 is 8.42 Å². The fourth-order valence-corrected chi connectivity index (χ4v) is 4.75. The van der Waals surface area contributed by atoms with Crippen molar-refractivity contribution in [2.75, 3.05) is 31.6 Å². The fraction of sp³-hybridized carbons (Fsp3) is 0.368. The van der Waals surface area contributed by atoms with Crippen LogP contribution in [-0.4, -0.2) is 39.4 Å². The summed E-state index contributed by atoms with van der Waals surface area (Å²) in [5.74, 6) is 0.332. The Morgan fingerprint density at radius 2 is 1.92 bits per heavy atom. The van der Waals surface area contributed by atoms with Crippen molar-refractivity contribution >= 4 is 27.3 Å². The fourth-order valence-electron chi connectivity index (χ4n) is 3.28. The molecule has 2 aromatic rings. The van der Waals surface area contributed by atoms with E-state index in [0.29, 0.717) is 17.5 Å². The lowest BCUT2D eigenvalue weighted by atomic mass is 10.1. The van der Waals surface area contributed by atoms with Crippen LogP contribution in [0.4, 0.5) is 5.69 Å². The number of halogens is 1. The SMILES string of the molecule is CN(CC1CCN(c2ccccc2)C1)S(=O)(=O)Cc1cccc(Cl)c1. The van der Waals surface area contributed by atoms with Gasteiger partial charge < -0.3 is 4.90 Å². The van der Waals surface area contributed by atoms with Crippen molar-refractivity contribution in [3.05, 3.63) is 65.2 Å². The molecule has 6 heteroatoms. The molecular weight excluding hydrogens is 356 g/mol. The summed E-state index contributed by atoms with van der Waals surface area (Å²) in [5, 5.41) is 0.560. The topological polar surface area (TPSA) is 40.6 Å². The average molecular weight is 379 g/mol. The van der Waals surface area contributed by atoms with E-state index in [1.54, 1.807) is 31.3 Å². The molecule has 0 aliphatic carbocycles. The molecule has 1 atom stereocenters. The molecule has 1 fully saturated rings. The second kappa shape index (κ2) is 7.77.